The van der Waals surface area contributed by atoms with Crippen molar-refractivity contribution in [3.63, 3.8) is 0 Å². The lowest BCUT2D eigenvalue weighted by Crippen LogP contribution is -2.63. The highest BCUT2D eigenvalue weighted by atomic mass is 19.1. The van der Waals surface area contributed by atoms with Crippen LogP contribution in [0.25, 0.3) is 0 Å². The van der Waals surface area contributed by atoms with Crippen LogP contribution in [-0.2, 0) is 0 Å². The molecule has 16 heteroatoms. The van der Waals surface area contributed by atoms with E-state index < -0.39 is 12.3 Å². The molecule has 0 radical (unpaired) electrons. The largest absolute Gasteiger partial charge is 0.330 e. The van der Waals surface area contributed by atoms with Gasteiger partial charge in [-0.1, -0.05) is 0 Å². The van der Waals surface area contributed by atoms with E-state index in [-0.39, 0.29) is 18.1 Å². The van der Waals surface area contributed by atoms with Gasteiger partial charge in [0.2, 0.25) is 0 Å². The predicted octanol–water partition coefficient (Wildman–Crippen LogP) is 6.13. The number of nitrogens with two attached hydrogens (primary N) is 6. The fourth-order valence-corrected chi connectivity index (χ4v) is 13.2. The van der Waals surface area contributed by atoms with Crippen molar-refractivity contribution >= 4 is 0 Å². The van der Waals surface area contributed by atoms with Crippen molar-refractivity contribution in [3.05, 3.63) is 0 Å². The van der Waals surface area contributed by atoms with Crippen molar-refractivity contribution in [2.75, 3.05) is 91.6 Å². The molecule has 1 saturated carbocycles. The lowest BCUT2D eigenvalue weighted by Gasteiger charge is -2.54. The summed E-state index contributed by atoms with van der Waals surface area (Å²) in [7, 11) is 0. The second-order valence-corrected chi connectivity index (χ2v) is 27.4. The molecule has 8 aliphatic heterocycles. The Labute approximate surface area is 467 Å². The summed E-state index contributed by atoms with van der Waals surface area (Å²) in [4.78, 5) is 16.8. The Bertz CT molecular complexity index is 1490. The van der Waals surface area contributed by atoms with Gasteiger partial charge in [-0.25, -0.2) is 8.78 Å². The maximum atomic E-state index is 13.3. The lowest BCUT2D eigenvalue weighted by molar-refractivity contribution is -0.0368. The summed E-state index contributed by atoms with van der Waals surface area (Å²) in [6.45, 7) is 50.5. The maximum Gasteiger partial charge on any atom is 0.117 e. The molecule has 9 rings (SSSR count). The predicted molar refractivity (Wildman–Crippen MR) is 322 cm³/mol. The molecule has 0 aromatic carbocycles. The van der Waals surface area contributed by atoms with E-state index in [4.69, 9.17) is 34.4 Å². The summed E-state index contributed by atoms with van der Waals surface area (Å²) < 4.78 is 26.2. The molecule has 8 heterocycles. The first-order valence-corrected chi connectivity index (χ1v) is 31.3. The lowest BCUT2D eigenvalue weighted by atomic mass is 9.73. The Morgan fingerprint density at radius 2 is 1.04 bits per heavy atom. The first kappa shape index (κ1) is 69.6. The number of fused-ring (bicyclic) bond motifs is 2. The number of nitrogens with one attached hydrogen (secondary N) is 1. The molecule has 8 saturated heterocycles. The second-order valence-electron chi connectivity index (χ2n) is 27.4. The Hall–Kier alpha value is -0.700. The number of nitrogens with zero attached hydrogens (tertiary/aromatic N) is 7. The van der Waals surface area contributed by atoms with Crippen LogP contribution in [0.1, 0.15) is 175 Å². The van der Waals surface area contributed by atoms with E-state index in [1.165, 1.54) is 104 Å². The van der Waals surface area contributed by atoms with Crippen molar-refractivity contribution in [1.82, 2.24) is 39.6 Å². The van der Waals surface area contributed by atoms with Gasteiger partial charge in [-0.3, -0.25) is 29.4 Å². The molecule has 9 aliphatic rings. The summed E-state index contributed by atoms with van der Waals surface area (Å²) in [5.74, 6) is 1.59. The van der Waals surface area contributed by atoms with E-state index in [0.717, 1.165) is 56.6 Å². The van der Waals surface area contributed by atoms with Gasteiger partial charge in [-0.2, -0.15) is 0 Å². The molecule has 11 atom stereocenters. The van der Waals surface area contributed by atoms with Crippen LogP contribution in [0.2, 0.25) is 0 Å². The highest BCUT2D eigenvalue weighted by Gasteiger charge is 2.46. The summed E-state index contributed by atoms with van der Waals surface area (Å²) >= 11 is 0. The summed E-state index contributed by atoms with van der Waals surface area (Å²) in [6, 6.07) is 7.12. The number of piperidine rings is 6. The highest BCUT2D eigenvalue weighted by molar-refractivity contribution is 5.03. The number of hydrogen-bond acceptors (Lipinski definition) is 14. The fraction of sp³-hybridized carbons (Fsp3) is 1.00. The van der Waals surface area contributed by atoms with Gasteiger partial charge >= 0.3 is 0 Å². The number of alkyl halides is 2. The van der Waals surface area contributed by atoms with E-state index in [0.29, 0.717) is 85.2 Å². The minimum Gasteiger partial charge on any atom is -0.330 e. The molecule has 14 nitrogen and oxygen atoms in total. The van der Waals surface area contributed by atoms with Gasteiger partial charge in [-0.15, -0.1) is 0 Å². The molecule has 9 fully saturated rings. The van der Waals surface area contributed by atoms with Gasteiger partial charge in [0.15, 0.2) is 0 Å². The van der Waals surface area contributed by atoms with Gasteiger partial charge in [0.25, 0.3) is 0 Å². The van der Waals surface area contributed by atoms with Crippen molar-refractivity contribution in [1.29, 1.82) is 0 Å². The molecule has 11 unspecified atom stereocenters. The SMILES string of the molecule is CC(C)N1CC(CN)C1.CC(C)N1CC(N)CC(F)C1.CC(C)N1CC(N)CC(F)C1C.CC(C)N1CC(N)CCC1C.CC(C)N1CC2(CCCNC2)C1.CC(C)N1CC2CCC1C2N.CC(C)N1CCCC(N)C1. The molecular weight excluding hydrogens is 955 g/mol. The zero-order chi connectivity index (χ0) is 57.2. The van der Waals surface area contributed by atoms with Crippen LogP contribution >= 0.6 is 0 Å². The molecular formula is C60H128F2N14. The maximum absolute atomic E-state index is 13.3. The third-order valence-corrected chi connectivity index (χ3v) is 18.5. The van der Waals surface area contributed by atoms with E-state index in [9.17, 15) is 8.78 Å². The molecule has 13 N–H and O–H groups in total. The van der Waals surface area contributed by atoms with Crippen LogP contribution in [-0.4, -0.2) is 229 Å². The average molecular weight is 1080 g/mol. The van der Waals surface area contributed by atoms with Gasteiger partial charge < -0.3 is 44.6 Å². The smallest absolute Gasteiger partial charge is 0.117 e. The summed E-state index contributed by atoms with van der Waals surface area (Å²) in [5.41, 5.74) is 35.3. The van der Waals surface area contributed by atoms with E-state index >= 15 is 0 Å². The van der Waals surface area contributed by atoms with Crippen molar-refractivity contribution in [3.8, 4) is 0 Å². The highest BCUT2D eigenvalue weighted by Crippen LogP contribution is 2.38. The molecule has 0 aromatic heterocycles. The molecule has 452 valence electrons. The van der Waals surface area contributed by atoms with Crippen LogP contribution in [0.15, 0.2) is 0 Å². The van der Waals surface area contributed by atoms with E-state index in [2.05, 4.69) is 143 Å². The summed E-state index contributed by atoms with van der Waals surface area (Å²) in [5, 5.41) is 3.51. The Morgan fingerprint density at radius 1 is 0.513 bits per heavy atom. The molecule has 2 bridgehead atoms. The van der Waals surface area contributed by atoms with Gasteiger partial charge in [0.05, 0.1) is 0 Å². The van der Waals surface area contributed by atoms with Crippen LogP contribution < -0.4 is 39.7 Å². The topological polar surface area (TPSA) is 191 Å². The molecule has 1 spiro atoms. The fourth-order valence-electron chi connectivity index (χ4n) is 13.2. The Morgan fingerprint density at radius 3 is 1.46 bits per heavy atom. The van der Waals surface area contributed by atoms with Crippen LogP contribution in [0.3, 0.4) is 0 Å². The molecule has 0 aromatic rings. The average Bonchev–Trinajstić information content (AvgIpc) is 3.84. The van der Waals surface area contributed by atoms with Crippen LogP contribution in [0, 0.1) is 17.3 Å². The zero-order valence-corrected chi connectivity index (χ0v) is 52.3. The number of likely N-dealkylation sites (tertiary alicyclic amines) is 7. The molecule has 0 amide bonds. The Balaban J connectivity index is 0.000000234. The monoisotopic (exact) mass is 1080 g/mol. The minimum absolute atomic E-state index is 0.0126. The second kappa shape index (κ2) is 34.0. The minimum atomic E-state index is -0.754. The zero-order valence-electron chi connectivity index (χ0n) is 52.3. The molecule has 76 heavy (non-hydrogen) atoms. The molecule has 1 aliphatic carbocycles. The van der Waals surface area contributed by atoms with Gasteiger partial charge in [-0.05, 0) is 206 Å². The number of halogens is 2. The Kier molecular flexibility index (Phi) is 31.2. The summed E-state index contributed by atoms with van der Waals surface area (Å²) in [6.07, 6.45) is 10.1. The standard InChI is InChI=1S/C10H20N2.C9H19FN2.C9H18N2.C9H20N2.C8H17FN2.C8H18N2.C7H16N2/c1-9(2)12-7-10(8-12)4-3-5-11-6-10;1-6(2)12-5-8(11)4-9(10)7(12)3;1-6(2)11-5-7-3-4-8(11)9(7)10;1-7(2)11-6-9(10)5-4-8(11)3;1-6(2)11-4-7(9)3-8(10)5-11;1-7(2)10-5-3-4-8(9)6-10;1-6(2)9-4-7(3-8)5-9/h9,11H,3-8H2,1-2H3;6-9H,4-5,11H2,1-3H3;6-9H,3-5,10H2,1-2H3;7-9H,4-6,10H2,1-3H3;6-8H,3-5,10H2,1-2H3;7-8H,3-6,9H2,1-2H3;6-7H,3-5,8H2,1-2H3. The third-order valence-electron chi connectivity index (χ3n) is 18.5. The van der Waals surface area contributed by atoms with Crippen molar-refractivity contribution < 1.29 is 8.78 Å². The number of hydrogen-bond donors (Lipinski definition) is 7. The van der Waals surface area contributed by atoms with E-state index in [1.54, 1.807) is 0 Å². The van der Waals surface area contributed by atoms with Crippen molar-refractivity contribution in [2.24, 2.45) is 51.7 Å². The van der Waals surface area contributed by atoms with Gasteiger partial charge in [0.1, 0.15) is 12.3 Å². The van der Waals surface area contributed by atoms with Crippen LogP contribution in [0.4, 0.5) is 8.78 Å². The van der Waals surface area contributed by atoms with Gasteiger partial charge in [0, 0.05) is 168 Å². The first-order valence-electron chi connectivity index (χ1n) is 31.3. The number of rotatable bonds is 8. The normalized spacial score (nSPS) is 33.8. The van der Waals surface area contributed by atoms with Crippen molar-refractivity contribution in [2.45, 2.75) is 278 Å². The quantitative estimate of drug-likeness (QED) is 0.147. The first-order chi connectivity index (χ1) is 35.6. The van der Waals surface area contributed by atoms with E-state index in [1.807, 2.05) is 6.92 Å². The van der Waals surface area contributed by atoms with Crippen LogP contribution in [0.5, 0.6) is 0 Å². The third kappa shape index (κ3) is 22.9.